The fraction of sp³-hybridized carbons (Fsp3) is 0.286. The maximum absolute atomic E-state index is 12.2. The first-order valence-electron chi connectivity index (χ1n) is 11.9. The van der Waals surface area contributed by atoms with Crippen LogP contribution in [0.1, 0.15) is 58.6 Å². The lowest BCUT2D eigenvalue weighted by atomic mass is 9.79. The molecular weight excluding hydrogens is 424 g/mol. The van der Waals surface area contributed by atoms with Crippen molar-refractivity contribution < 1.29 is 4.79 Å². The minimum Gasteiger partial charge on any atom is -0.366 e. The summed E-state index contributed by atoms with van der Waals surface area (Å²) in [5.41, 5.74) is 10.9. The molecule has 1 fully saturated rings. The van der Waals surface area contributed by atoms with E-state index in [2.05, 4.69) is 75.5 Å². The summed E-state index contributed by atoms with van der Waals surface area (Å²) >= 11 is 0. The van der Waals surface area contributed by atoms with E-state index in [0.29, 0.717) is 17.1 Å². The number of aromatic amines is 2. The smallest absolute Gasteiger partial charge is 0.323 e. The van der Waals surface area contributed by atoms with Crippen LogP contribution in [0.5, 0.6) is 0 Å². The molecule has 1 amide bonds. The molecule has 4 N–H and O–H groups in total. The molecule has 0 bridgehead atoms. The van der Waals surface area contributed by atoms with Gasteiger partial charge in [-0.05, 0) is 60.4 Å². The summed E-state index contributed by atoms with van der Waals surface area (Å²) in [5, 5.41) is 0. The topological polar surface area (TPSA) is 95.0 Å². The molecule has 0 radical (unpaired) electrons. The van der Waals surface area contributed by atoms with Crippen LogP contribution < -0.4 is 11.4 Å². The highest BCUT2D eigenvalue weighted by Crippen LogP contribution is 2.38. The van der Waals surface area contributed by atoms with E-state index >= 15 is 0 Å². The largest absolute Gasteiger partial charge is 0.366 e. The van der Waals surface area contributed by atoms with Crippen molar-refractivity contribution in [3.8, 4) is 0 Å². The number of fused-ring (bicyclic) bond motifs is 1. The summed E-state index contributed by atoms with van der Waals surface area (Å²) in [6, 6.07) is 25.4. The van der Waals surface area contributed by atoms with Crippen molar-refractivity contribution in [2.45, 2.75) is 50.7 Å². The number of rotatable bonds is 7. The lowest BCUT2D eigenvalue weighted by Crippen LogP contribution is -2.37. The molecule has 174 valence electrons. The number of aromatic nitrogens is 2. The maximum Gasteiger partial charge on any atom is 0.323 e. The first kappa shape index (κ1) is 22.2. The molecule has 0 spiro atoms. The fourth-order valence-electron chi connectivity index (χ4n) is 5.35. The quantitative estimate of drug-likeness (QED) is 0.378. The summed E-state index contributed by atoms with van der Waals surface area (Å²) < 4.78 is 0. The van der Waals surface area contributed by atoms with Gasteiger partial charge in [0.05, 0.1) is 11.0 Å². The first-order chi connectivity index (χ1) is 16.6. The Hall–Kier alpha value is -3.64. The molecule has 6 nitrogen and oxygen atoms in total. The Morgan fingerprint density at radius 3 is 1.88 bits per heavy atom. The number of carbonyl (C=O) groups excluding carboxylic acids is 1. The molecule has 1 saturated carbocycles. The number of H-pyrrole nitrogens is 2. The number of nitrogens with zero attached hydrogens (tertiary/aromatic N) is 1. The average Bonchev–Trinajstić information content (AvgIpc) is 3.23. The third kappa shape index (κ3) is 4.82. The Labute approximate surface area is 198 Å². The molecule has 5 rings (SSSR count). The van der Waals surface area contributed by atoms with Crippen molar-refractivity contribution in [1.29, 1.82) is 0 Å². The average molecular weight is 455 g/mol. The van der Waals surface area contributed by atoms with E-state index in [1.165, 1.54) is 11.1 Å². The molecule has 1 aliphatic carbocycles. The van der Waals surface area contributed by atoms with Crippen LogP contribution in [0.3, 0.4) is 0 Å². The molecule has 1 aliphatic rings. The Morgan fingerprint density at radius 2 is 1.35 bits per heavy atom. The van der Waals surface area contributed by atoms with Gasteiger partial charge in [0.15, 0.2) is 0 Å². The number of nitrogens with two attached hydrogens (primary N) is 1. The van der Waals surface area contributed by atoms with Gasteiger partial charge in [-0.3, -0.25) is 9.69 Å². The van der Waals surface area contributed by atoms with E-state index in [1.54, 1.807) is 6.07 Å². The first-order valence-corrected chi connectivity index (χ1v) is 11.9. The maximum atomic E-state index is 12.2. The van der Waals surface area contributed by atoms with Crippen LogP contribution in [0, 0.1) is 0 Å². The minimum atomic E-state index is -0.448. The SMILES string of the molecule is NC(=O)c1cc2[nH]c(=O)[nH]c2cc1C1CCC(N(Cc2ccccc2)Cc2ccccc2)CC1. The van der Waals surface area contributed by atoms with E-state index in [0.717, 1.165) is 49.9 Å². The predicted octanol–water partition coefficient (Wildman–Crippen LogP) is 4.68. The zero-order chi connectivity index (χ0) is 23.5. The lowest BCUT2D eigenvalue weighted by molar-refractivity contribution is 0.0997. The van der Waals surface area contributed by atoms with E-state index in [9.17, 15) is 9.59 Å². The van der Waals surface area contributed by atoms with Gasteiger partial charge < -0.3 is 15.7 Å². The summed E-state index contributed by atoms with van der Waals surface area (Å²) in [6.07, 6.45) is 4.05. The van der Waals surface area contributed by atoms with Crippen LogP contribution in [0.2, 0.25) is 0 Å². The molecule has 0 unspecified atom stereocenters. The number of amides is 1. The van der Waals surface area contributed by atoms with Crippen molar-refractivity contribution in [3.63, 3.8) is 0 Å². The van der Waals surface area contributed by atoms with Crippen LogP contribution in [0.25, 0.3) is 11.0 Å². The van der Waals surface area contributed by atoms with Crippen LogP contribution in [0.15, 0.2) is 77.6 Å². The Kier molecular flexibility index (Phi) is 6.32. The number of imidazole rings is 1. The summed E-state index contributed by atoms with van der Waals surface area (Å²) in [5.74, 6) is -0.201. The molecular formula is C28H30N4O2. The van der Waals surface area contributed by atoms with E-state index < -0.39 is 5.91 Å². The summed E-state index contributed by atoms with van der Waals surface area (Å²) in [4.78, 5) is 32.1. The Bertz CT molecular complexity index is 1280. The van der Waals surface area contributed by atoms with Gasteiger partial charge in [-0.2, -0.15) is 0 Å². The van der Waals surface area contributed by atoms with Crippen molar-refractivity contribution in [3.05, 3.63) is 106 Å². The Balaban J connectivity index is 1.36. The number of benzene rings is 3. The lowest BCUT2D eigenvalue weighted by Gasteiger charge is -2.37. The standard InChI is InChI=1S/C28H30N4O2/c29-27(33)24-16-26-25(30-28(34)31-26)15-23(24)21-11-13-22(14-12-21)32(17-19-7-3-1-4-8-19)18-20-9-5-2-6-10-20/h1-10,15-16,21-22H,11-14,17-18H2,(H2,29,33)(H2,30,31,34). The predicted molar refractivity (Wildman–Crippen MR) is 135 cm³/mol. The second-order valence-electron chi connectivity index (χ2n) is 9.31. The van der Waals surface area contributed by atoms with Gasteiger partial charge in [0, 0.05) is 24.7 Å². The van der Waals surface area contributed by atoms with Crippen molar-refractivity contribution in [2.75, 3.05) is 0 Å². The highest BCUT2D eigenvalue weighted by atomic mass is 16.1. The zero-order valence-corrected chi connectivity index (χ0v) is 19.2. The normalized spacial score (nSPS) is 18.4. The van der Waals surface area contributed by atoms with Gasteiger partial charge in [-0.1, -0.05) is 60.7 Å². The highest BCUT2D eigenvalue weighted by Gasteiger charge is 2.29. The summed E-state index contributed by atoms with van der Waals surface area (Å²) in [6.45, 7) is 1.82. The van der Waals surface area contributed by atoms with E-state index in [-0.39, 0.29) is 11.6 Å². The molecule has 0 atom stereocenters. The van der Waals surface area contributed by atoms with Crippen LogP contribution in [0.4, 0.5) is 0 Å². The molecule has 1 aromatic heterocycles. The van der Waals surface area contributed by atoms with Crippen LogP contribution >= 0.6 is 0 Å². The molecule has 4 aromatic rings. The zero-order valence-electron chi connectivity index (χ0n) is 19.2. The molecule has 0 aliphatic heterocycles. The monoisotopic (exact) mass is 454 g/mol. The summed E-state index contributed by atoms with van der Waals surface area (Å²) in [7, 11) is 0. The number of hydrogen-bond donors (Lipinski definition) is 3. The molecule has 0 saturated heterocycles. The fourth-order valence-corrected chi connectivity index (χ4v) is 5.35. The molecule has 1 heterocycles. The Morgan fingerprint density at radius 1 is 0.824 bits per heavy atom. The van der Waals surface area contributed by atoms with Gasteiger partial charge in [0.2, 0.25) is 5.91 Å². The van der Waals surface area contributed by atoms with Gasteiger partial charge in [-0.25, -0.2) is 4.79 Å². The van der Waals surface area contributed by atoms with Crippen molar-refractivity contribution in [1.82, 2.24) is 14.9 Å². The molecule has 6 heteroatoms. The van der Waals surface area contributed by atoms with Crippen molar-refractivity contribution >= 4 is 16.9 Å². The van der Waals surface area contributed by atoms with Crippen molar-refractivity contribution in [2.24, 2.45) is 5.73 Å². The second-order valence-corrected chi connectivity index (χ2v) is 9.31. The molecule has 3 aromatic carbocycles. The van der Waals surface area contributed by atoms with Crippen LogP contribution in [-0.4, -0.2) is 26.8 Å². The minimum absolute atomic E-state index is 0.247. The number of hydrogen-bond acceptors (Lipinski definition) is 3. The van der Waals surface area contributed by atoms with E-state index in [4.69, 9.17) is 5.73 Å². The second kappa shape index (κ2) is 9.69. The number of primary amides is 1. The molecule has 34 heavy (non-hydrogen) atoms. The highest BCUT2D eigenvalue weighted by molar-refractivity contribution is 5.98. The third-order valence-electron chi connectivity index (χ3n) is 7.06. The van der Waals surface area contributed by atoms with Gasteiger partial charge >= 0.3 is 5.69 Å². The third-order valence-corrected chi connectivity index (χ3v) is 7.06. The van der Waals surface area contributed by atoms with Gasteiger partial charge in [-0.15, -0.1) is 0 Å². The van der Waals surface area contributed by atoms with Gasteiger partial charge in [0.25, 0.3) is 0 Å². The van der Waals surface area contributed by atoms with Crippen LogP contribution in [-0.2, 0) is 13.1 Å². The number of nitrogens with one attached hydrogen (secondary N) is 2. The van der Waals surface area contributed by atoms with E-state index in [1.807, 2.05) is 6.07 Å². The number of carbonyl (C=O) groups is 1. The van der Waals surface area contributed by atoms with Gasteiger partial charge in [0.1, 0.15) is 0 Å².